The molecule has 0 unspecified atom stereocenters. The molecule has 1 saturated carbocycles. The Balaban J connectivity index is 2.00. The number of carboxylic acid groups (broad SMARTS) is 1. The molecule has 0 aliphatic heterocycles. The second kappa shape index (κ2) is 5.37. The maximum Gasteiger partial charge on any atom is 0.354 e. The maximum absolute atomic E-state index is 14.3. The maximum atomic E-state index is 14.3. The molecule has 122 valence electrons. The van der Waals surface area contributed by atoms with Gasteiger partial charge in [0.05, 0.1) is 5.56 Å². The molecule has 0 radical (unpaired) electrons. The molecule has 1 fully saturated rings. The Kier molecular flexibility index (Phi) is 3.42. The van der Waals surface area contributed by atoms with Gasteiger partial charge >= 0.3 is 5.97 Å². The predicted molar refractivity (Wildman–Crippen MR) is 90.5 cm³/mol. The fourth-order valence-corrected chi connectivity index (χ4v) is 3.23. The molecule has 1 N–H and O–H groups in total. The monoisotopic (exact) mass is 389 g/mol. The van der Waals surface area contributed by atoms with E-state index >= 15 is 0 Å². The number of halogens is 2. The van der Waals surface area contributed by atoms with Crippen LogP contribution in [0.2, 0.25) is 0 Å². The van der Waals surface area contributed by atoms with Crippen LogP contribution in [0.25, 0.3) is 22.6 Å². The first-order valence-corrected chi connectivity index (χ1v) is 8.31. The minimum absolute atomic E-state index is 0.00442. The zero-order valence-corrected chi connectivity index (χ0v) is 14.3. The molecule has 4 rings (SSSR count). The van der Waals surface area contributed by atoms with Crippen LogP contribution in [0.5, 0.6) is 0 Å². The van der Waals surface area contributed by atoms with E-state index in [1.54, 1.807) is 29.8 Å². The summed E-state index contributed by atoms with van der Waals surface area (Å²) in [5, 5.41) is 9.30. The largest absolute Gasteiger partial charge is 0.477 e. The summed E-state index contributed by atoms with van der Waals surface area (Å²) in [6, 6.07) is 6.37. The van der Waals surface area contributed by atoms with Crippen molar-refractivity contribution in [2.45, 2.75) is 18.8 Å². The molecular formula is C17H13BrFN3O2. The topological polar surface area (TPSA) is 68.0 Å². The molecule has 0 spiro atoms. The van der Waals surface area contributed by atoms with Crippen molar-refractivity contribution in [2.24, 2.45) is 7.05 Å². The van der Waals surface area contributed by atoms with E-state index in [9.17, 15) is 14.3 Å². The fraction of sp³-hybridized carbons (Fsp3) is 0.235. The van der Waals surface area contributed by atoms with Gasteiger partial charge in [-0.1, -0.05) is 15.9 Å². The first kappa shape index (κ1) is 15.3. The van der Waals surface area contributed by atoms with Crippen LogP contribution >= 0.6 is 15.9 Å². The molecule has 1 aliphatic rings. The molecule has 1 aromatic carbocycles. The number of benzene rings is 1. The number of aromatic carboxylic acids is 1. The van der Waals surface area contributed by atoms with Crippen LogP contribution in [0, 0.1) is 5.82 Å². The molecule has 2 aromatic heterocycles. The number of pyridine rings is 1. The Morgan fingerprint density at radius 2 is 2.08 bits per heavy atom. The standard InChI is InChI=1S/C17H13BrFN3O2/c1-22-15(10-5-4-9(18)6-12(10)19)21-14-11(8-2-3-8)7-13(17(23)24)20-16(14)22/h4-8H,2-3H2,1H3,(H,23,24). The van der Waals surface area contributed by atoms with Gasteiger partial charge in [-0.25, -0.2) is 19.2 Å². The number of aromatic nitrogens is 3. The second-order valence-corrected chi connectivity index (χ2v) is 6.88. The normalized spacial score (nSPS) is 14.3. The highest BCUT2D eigenvalue weighted by atomic mass is 79.9. The lowest BCUT2D eigenvalue weighted by Crippen LogP contribution is -2.04. The quantitative estimate of drug-likeness (QED) is 0.731. The molecule has 1 aliphatic carbocycles. The zero-order valence-electron chi connectivity index (χ0n) is 12.8. The Hall–Kier alpha value is -2.28. The van der Waals surface area contributed by atoms with E-state index < -0.39 is 11.8 Å². The number of imidazole rings is 1. The van der Waals surface area contributed by atoms with Crippen molar-refractivity contribution < 1.29 is 14.3 Å². The van der Waals surface area contributed by atoms with E-state index in [1.165, 1.54) is 6.07 Å². The molecule has 0 atom stereocenters. The third-order valence-corrected chi connectivity index (χ3v) is 4.76. The molecule has 7 heteroatoms. The van der Waals surface area contributed by atoms with E-state index in [0.717, 1.165) is 18.4 Å². The average molecular weight is 390 g/mol. The minimum atomic E-state index is -1.07. The number of nitrogens with zero attached hydrogens (tertiary/aromatic N) is 3. The van der Waals surface area contributed by atoms with Gasteiger partial charge in [0.1, 0.15) is 17.2 Å². The van der Waals surface area contributed by atoms with Crippen LogP contribution in [0.15, 0.2) is 28.7 Å². The lowest BCUT2D eigenvalue weighted by Gasteiger charge is -2.04. The summed E-state index contributed by atoms with van der Waals surface area (Å²) in [5.41, 5.74) is 2.36. The van der Waals surface area contributed by atoms with Crippen LogP contribution < -0.4 is 0 Å². The highest BCUT2D eigenvalue weighted by molar-refractivity contribution is 9.10. The van der Waals surface area contributed by atoms with Crippen molar-refractivity contribution in [3.63, 3.8) is 0 Å². The zero-order chi connectivity index (χ0) is 17.0. The fourth-order valence-electron chi connectivity index (χ4n) is 2.90. The summed E-state index contributed by atoms with van der Waals surface area (Å²) >= 11 is 3.24. The number of hydrogen-bond donors (Lipinski definition) is 1. The number of fused-ring (bicyclic) bond motifs is 1. The predicted octanol–water partition coefficient (Wildman–Crippen LogP) is 4.11. The van der Waals surface area contributed by atoms with Crippen molar-refractivity contribution in [3.05, 3.63) is 45.8 Å². The molecular weight excluding hydrogens is 377 g/mol. The van der Waals surface area contributed by atoms with E-state index in [-0.39, 0.29) is 5.69 Å². The van der Waals surface area contributed by atoms with Gasteiger partial charge in [-0.3, -0.25) is 0 Å². The Labute approximate surface area is 145 Å². The van der Waals surface area contributed by atoms with E-state index in [1.807, 2.05) is 0 Å². The van der Waals surface area contributed by atoms with Crippen LogP contribution in [0.4, 0.5) is 4.39 Å². The van der Waals surface area contributed by atoms with Crippen molar-refractivity contribution in [1.29, 1.82) is 0 Å². The van der Waals surface area contributed by atoms with Gasteiger partial charge in [0.15, 0.2) is 11.3 Å². The number of carboxylic acids is 1. The van der Waals surface area contributed by atoms with Crippen molar-refractivity contribution in [3.8, 4) is 11.4 Å². The minimum Gasteiger partial charge on any atom is -0.477 e. The summed E-state index contributed by atoms with van der Waals surface area (Å²) in [6.07, 6.45) is 2.02. The highest BCUT2D eigenvalue weighted by Gasteiger charge is 2.29. The number of hydrogen-bond acceptors (Lipinski definition) is 3. The van der Waals surface area contributed by atoms with Crippen LogP contribution in [0.1, 0.15) is 34.8 Å². The Bertz CT molecular complexity index is 995. The molecule has 0 saturated heterocycles. The molecule has 24 heavy (non-hydrogen) atoms. The molecule has 5 nitrogen and oxygen atoms in total. The second-order valence-electron chi connectivity index (χ2n) is 5.97. The summed E-state index contributed by atoms with van der Waals surface area (Å²) in [5.74, 6) is -0.719. The Morgan fingerprint density at radius 1 is 1.33 bits per heavy atom. The van der Waals surface area contributed by atoms with Crippen LogP contribution in [0.3, 0.4) is 0 Å². The summed E-state index contributed by atoms with van der Waals surface area (Å²) in [4.78, 5) is 20.2. The molecule has 2 heterocycles. The van der Waals surface area contributed by atoms with Crippen molar-refractivity contribution in [1.82, 2.24) is 14.5 Å². The third kappa shape index (κ3) is 2.39. The van der Waals surface area contributed by atoms with Gasteiger partial charge in [0.25, 0.3) is 0 Å². The molecule has 3 aromatic rings. The number of aryl methyl sites for hydroxylation is 1. The van der Waals surface area contributed by atoms with E-state index in [2.05, 4.69) is 25.9 Å². The third-order valence-electron chi connectivity index (χ3n) is 4.27. The summed E-state index contributed by atoms with van der Waals surface area (Å²) < 4.78 is 16.6. The lowest BCUT2D eigenvalue weighted by molar-refractivity contribution is 0.0690. The number of carbonyl (C=O) groups is 1. The van der Waals surface area contributed by atoms with Gasteiger partial charge < -0.3 is 9.67 Å². The smallest absolute Gasteiger partial charge is 0.354 e. The molecule has 0 bridgehead atoms. The average Bonchev–Trinajstić information content (AvgIpc) is 3.32. The lowest BCUT2D eigenvalue weighted by atomic mass is 10.1. The van der Waals surface area contributed by atoms with E-state index in [4.69, 9.17) is 0 Å². The summed E-state index contributed by atoms with van der Waals surface area (Å²) in [6.45, 7) is 0. The first-order valence-electron chi connectivity index (χ1n) is 7.52. The SMILES string of the molecule is Cn1c(-c2ccc(Br)cc2F)nc2c(C3CC3)cc(C(=O)O)nc21. The highest BCUT2D eigenvalue weighted by Crippen LogP contribution is 2.43. The number of rotatable bonds is 3. The van der Waals surface area contributed by atoms with E-state index in [0.29, 0.717) is 32.9 Å². The van der Waals surface area contributed by atoms with Gasteiger partial charge in [-0.15, -0.1) is 0 Å². The van der Waals surface area contributed by atoms with Gasteiger partial charge in [0, 0.05) is 11.5 Å². The van der Waals surface area contributed by atoms with Gasteiger partial charge in [-0.2, -0.15) is 0 Å². The first-order chi connectivity index (χ1) is 11.5. The van der Waals surface area contributed by atoms with Gasteiger partial charge in [0.2, 0.25) is 0 Å². The molecule has 0 amide bonds. The van der Waals surface area contributed by atoms with Crippen LogP contribution in [-0.2, 0) is 7.05 Å². The Morgan fingerprint density at radius 3 is 2.71 bits per heavy atom. The summed E-state index contributed by atoms with van der Waals surface area (Å²) in [7, 11) is 1.72. The van der Waals surface area contributed by atoms with Gasteiger partial charge in [-0.05, 0) is 48.6 Å². The van der Waals surface area contributed by atoms with Crippen molar-refractivity contribution >= 4 is 33.1 Å². The van der Waals surface area contributed by atoms with Crippen LogP contribution in [-0.4, -0.2) is 25.6 Å². The van der Waals surface area contributed by atoms with Crippen molar-refractivity contribution in [2.75, 3.05) is 0 Å².